The summed E-state index contributed by atoms with van der Waals surface area (Å²) in [5, 5.41) is 0.867. The van der Waals surface area contributed by atoms with E-state index in [-0.39, 0.29) is 12.7 Å². The number of benzene rings is 2. The molecule has 1 amide bonds. The van der Waals surface area contributed by atoms with Crippen LogP contribution >= 0.6 is 0 Å². The molecule has 0 saturated carbocycles. The van der Waals surface area contributed by atoms with Gasteiger partial charge in [-0.25, -0.2) is 4.98 Å². The molecular formula is C26H29N3O5. The predicted octanol–water partition coefficient (Wildman–Crippen LogP) is 4.13. The Morgan fingerprint density at radius 2 is 1.74 bits per heavy atom. The Bertz CT molecular complexity index is 1220. The van der Waals surface area contributed by atoms with Crippen LogP contribution < -0.4 is 23.8 Å². The molecule has 0 spiro atoms. The average Bonchev–Trinajstić information content (AvgIpc) is 3.54. The van der Waals surface area contributed by atoms with E-state index in [0.717, 1.165) is 65.3 Å². The van der Waals surface area contributed by atoms with E-state index in [1.165, 1.54) is 0 Å². The molecule has 2 aromatic carbocycles. The highest BCUT2D eigenvalue weighted by Crippen LogP contribution is 2.37. The Labute approximate surface area is 199 Å². The number of amides is 1. The number of fused-ring (bicyclic) bond motifs is 2. The second kappa shape index (κ2) is 9.29. The summed E-state index contributed by atoms with van der Waals surface area (Å²) in [6.45, 7) is 4.60. The fraction of sp³-hybridized carbons (Fsp3) is 0.385. The molecule has 2 aliphatic rings. The first-order valence-electron chi connectivity index (χ1n) is 11.5. The number of carbonyl (C=O) groups is 1. The van der Waals surface area contributed by atoms with Crippen LogP contribution in [0.15, 0.2) is 36.4 Å². The molecule has 34 heavy (non-hydrogen) atoms. The molecule has 0 atom stereocenters. The van der Waals surface area contributed by atoms with Gasteiger partial charge in [0.2, 0.25) is 12.7 Å². The van der Waals surface area contributed by atoms with Crippen LogP contribution in [0.2, 0.25) is 0 Å². The van der Waals surface area contributed by atoms with Crippen LogP contribution in [-0.4, -0.2) is 49.9 Å². The predicted molar refractivity (Wildman–Crippen MR) is 129 cm³/mol. The third kappa shape index (κ3) is 4.16. The van der Waals surface area contributed by atoms with Gasteiger partial charge in [0.15, 0.2) is 11.5 Å². The summed E-state index contributed by atoms with van der Waals surface area (Å²) in [5.41, 5.74) is 2.73. The number of hydrogen-bond donors (Lipinski definition) is 0. The van der Waals surface area contributed by atoms with Gasteiger partial charge in [-0.2, -0.15) is 0 Å². The lowest BCUT2D eigenvalue weighted by Gasteiger charge is -2.26. The van der Waals surface area contributed by atoms with E-state index in [2.05, 4.69) is 11.0 Å². The monoisotopic (exact) mass is 463 g/mol. The zero-order valence-corrected chi connectivity index (χ0v) is 19.8. The maximum Gasteiger partial charge on any atom is 0.231 e. The Kier molecular flexibility index (Phi) is 6.04. The molecule has 0 radical (unpaired) electrons. The van der Waals surface area contributed by atoms with Crippen molar-refractivity contribution < 1.29 is 23.7 Å². The molecule has 0 N–H and O–H groups in total. The minimum atomic E-state index is -0.0113. The molecule has 2 aliphatic heterocycles. The fourth-order valence-electron chi connectivity index (χ4n) is 4.65. The summed E-state index contributed by atoms with van der Waals surface area (Å²) in [4.78, 5) is 21.9. The smallest absolute Gasteiger partial charge is 0.231 e. The number of carbonyl (C=O) groups excluding carboxylic acids is 1. The molecule has 1 saturated heterocycles. The van der Waals surface area contributed by atoms with Gasteiger partial charge in [0.05, 0.1) is 14.2 Å². The Morgan fingerprint density at radius 1 is 1.00 bits per heavy atom. The first-order chi connectivity index (χ1) is 16.6. The first kappa shape index (κ1) is 22.1. The van der Waals surface area contributed by atoms with Crippen LogP contribution in [0.1, 0.15) is 30.9 Å². The van der Waals surface area contributed by atoms with Crippen molar-refractivity contribution in [3.05, 3.63) is 47.5 Å². The van der Waals surface area contributed by atoms with E-state index in [4.69, 9.17) is 23.9 Å². The summed E-state index contributed by atoms with van der Waals surface area (Å²) in [5.74, 6) is 3.75. The van der Waals surface area contributed by atoms with Crippen molar-refractivity contribution in [3.63, 3.8) is 0 Å². The van der Waals surface area contributed by atoms with Crippen molar-refractivity contribution in [1.82, 2.24) is 9.88 Å². The van der Waals surface area contributed by atoms with Gasteiger partial charge in [-0.1, -0.05) is 6.07 Å². The van der Waals surface area contributed by atoms with Gasteiger partial charge in [-0.05, 0) is 48.7 Å². The minimum absolute atomic E-state index is 0.0113. The maximum atomic E-state index is 12.7. The lowest BCUT2D eigenvalue weighted by atomic mass is 10.1. The third-order valence-electron chi connectivity index (χ3n) is 6.43. The number of methoxy groups -OCH3 is 2. The van der Waals surface area contributed by atoms with Crippen molar-refractivity contribution in [1.29, 1.82) is 0 Å². The van der Waals surface area contributed by atoms with Crippen molar-refractivity contribution in [3.8, 4) is 23.0 Å². The fourth-order valence-corrected chi connectivity index (χ4v) is 4.65. The summed E-state index contributed by atoms with van der Waals surface area (Å²) < 4.78 is 22.1. The van der Waals surface area contributed by atoms with Crippen LogP contribution in [0.5, 0.6) is 23.0 Å². The number of rotatable bonds is 7. The van der Waals surface area contributed by atoms with Crippen LogP contribution in [0.3, 0.4) is 0 Å². The quantitative estimate of drug-likeness (QED) is 0.522. The maximum absolute atomic E-state index is 12.7. The number of aromatic nitrogens is 1. The highest BCUT2D eigenvalue weighted by atomic mass is 16.7. The third-order valence-corrected chi connectivity index (χ3v) is 6.43. The van der Waals surface area contributed by atoms with Crippen LogP contribution in [0, 0.1) is 0 Å². The molecule has 8 nitrogen and oxygen atoms in total. The van der Waals surface area contributed by atoms with E-state index in [9.17, 15) is 4.79 Å². The standard InChI is InChI=1S/C26H29N3O5/c1-17(30)29(14-18-6-7-22-24(12-18)34-16-33-22)15-19-13-20-21(31-2)8-9-23(32-3)25(20)27-26(19)28-10-4-5-11-28/h6-9,12-13H,4-5,10-11,14-16H2,1-3H3. The number of hydrogen-bond acceptors (Lipinski definition) is 7. The Hall–Kier alpha value is -3.68. The molecule has 3 aromatic rings. The molecule has 5 rings (SSSR count). The molecular weight excluding hydrogens is 434 g/mol. The molecule has 0 aliphatic carbocycles. The minimum Gasteiger partial charge on any atom is -0.496 e. The van der Waals surface area contributed by atoms with E-state index < -0.39 is 0 Å². The lowest BCUT2D eigenvalue weighted by Crippen LogP contribution is -2.29. The van der Waals surface area contributed by atoms with Crippen LogP contribution in [0.25, 0.3) is 10.9 Å². The molecule has 0 unspecified atom stereocenters. The zero-order valence-electron chi connectivity index (χ0n) is 19.8. The van der Waals surface area contributed by atoms with E-state index in [1.807, 2.05) is 35.2 Å². The average molecular weight is 464 g/mol. The zero-order chi connectivity index (χ0) is 23.7. The molecule has 1 fully saturated rings. The molecule has 178 valence electrons. The van der Waals surface area contributed by atoms with E-state index in [0.29, 0.717) is 24.6 Å². The molecule has 0 bridgehead atoms. The van der Waals surface area contributed by atoms with Gasteiger partial charge >= 0.3 is 0 Å². The SMILES string of the molecule is COc1ccc(OC)c2nc(N3CCCC3)c(CN(Cc3ccc4c(c3)OCO4)C(C)=O)cc12. The van der Waals surface area contributed by atoms with Gasteiger partial charge in [0, 0.05) is 44.1 Å². The number of ether oxygens (including phenoxy) is 4. The van der Waals surface area contributed by atoms with Gasteiger partial charge < -0.3 is 28.7 Å². The van der Waals surface area contributed by atoms with Crippen LogP contribution in [-0.2, 0) is 17.9 Å². The molecule has 1 aromatic heterocycles. The Balaban J connectivity index is 1.54. The van der Waals surface area contributed by atoms with Gasteiger partial charge in [0.1, 0.15) is 22.8 Å². The van der Waals surface area contributed by atoms with Crippen molar-refractivity contribution in [2.45, 2.75) is 32.9 Å². The molecule has 8 heteroatoms. The van der Waals surface area contributed by atoms with E-state index in [1.54, 1.807) is 21.1 Å². The van der Waals surface area contributed by atoms with Crippen LogP contribution in [0.4, 0.5) is 5.82 Å². The highest BCUT2D eigenvalue weighted by Gasteiger charge is 2.23. The lowest BCUT2D eigenvalue weighted by molar-refractivity contribution is -0.130. The van der Waals surface area contributed by atoms with Crippen molar-refractivity contribution >= 4 is 22.6 Å². The van der Waals surface area contributed by atoms with E-state index >= 15 is 0 Å². The van der Waals surface area contributed by atoms with Gasteiger partial charge in [-0.15, -0.1) is 0 Å². The number of anilines is 1. The van der Waals surface area contributed by atoms with Gasteiger partial charge in [0.25, 0.3) is 0 Å². The summed E-state index contributed by atoms with van der Waals surface area (Å²) in [6, 6.07) is 11.7. The second-order valence-corrected chi connectivity index (χ2v) is 8.59. The number of pyridine rings is 1. The summed E-state index contributed by atoms with van der Waals surface area (Å²) in [7, 11) is 3.30. The molecule has 3 heterocycles. The highest BCUT2D eigenvalue weighted by molar-refractivity contribution is 5.92. The first-order valence-corrected chi connectivity index (χ1v) is 11.5. The summed E-state index contributed by atoms with van der Waals surface area (Å²) in [6.07, 6.45) is 2.25. The number of nitrogens with zero attached hydrogens (tertiary/aromatic N) is 3. The van der Waals surface area contributed by atoms with Gasteiger partial charge in [-0.3, -0.25) is 4.79 Å². The topological polar surface area (TPSA) is 73.4 Å². The largest absolute Gasteiger partial charge is 0.496 e. The summed E-state index contributed by atoms with van der Waals surface area (Å²) >= 11 is 0. The normalized spacial score (nSPS) is 14.5. The second-order valence-electron chi connectivity index (χ2n) is 8.59. The Morgan fingerprint density at radius 3 is 2.47 bits per heavy atom. The van der Waals surface area contributed by atoms with Crippen molar-refractivity contribution in [2.24, 2.45) is 0 Å². The van der Waals surface area contributed by atoms with Crippen molar-refractivity contribution in [2.75, 3.05) is 39.0 Å².